The Kier molecular flexibility index (Phi) is 4.31. The highest BCUT2D eigenvalue weighted by Crippen LogP contribution is 2.40. The molecule has 4 rings (SSSR count). The van der Waals surface area contributed by atoms with Gasteiger partial charge in [0.15, 0.2) is 16.9 Å². The van der Waals surface area contributed by atoms with E-state index in [1.54, 1.807) is 23.9 Å². The molecule has 0 N–H and O–H groups in total. The number of fused-ring (bicyclic) bond motifs is 2. The number of aromatic nitrogens is 4. The molecule has 10 nitrogen and oxygen atoms in total. The van der Waals surface area contributed by atoms with E-state index in [-0.39, 0.29) is 23.3 Å². The minimum atomic E-state index is -0.549. The van der Waals surface area contributed by atoms with Crippen LogP contribution in [0.25, 0.3) is 11.2 Å². The molecule has 1 aliphatic rings. The predicted molar refractivity (Wildman–Crippen MR) is 111 cm³/mol. The van der Waals surface area contributed by atoms with Gasteiger partial charge in [-0.2, -0.15) is 5.26 Å². The van der Waals surface area contributed by atoms with Crippen LogP contribution in [0.1, 0.15) is 0 Å². The minimum Gasteiger partial charge on any atom is -0.328 e. The van der Waals surface area contributed by atoms with Gasteiger partial charge in [-0.3, -0.25) is 18.7 Å². The van der Waals surface area contributed by atoms with Crippen LogP contribution in [0.2, 0.25) is 0 Å². The van der Waals surface area contributed by atoms with Crippen molar-refractivity contribution in [2.75, 3.05) is 23.9 Å². The van der Waals surface area contributed by atoms with Crippen LogP contribution in [0.3, 0.4) is 0 Å². The maximum absolute atomic E-state index is 13.1. The summed E-state index contributed by atoms with van der Waals surface area (Å²) in [5.41, 5.74) is 0.999. The second-order valence-corrected chi connectivity index (χ2v) is 7.09. The average molecular weight is 405 g/mol. The summed E-state index contributed by atoms with van der Waals surface area (Å²) in [5.74, 6) is 0.00244. The third-order valence-electron chi connectivity index (χ3n) is 5.39. The first kappa shape index (κ1) is 19.2. The summed E-state index contributed by atoms with van der Waals surface area (Å²) < 4.78 is 3.58. The number of para-hydroxylation sites is 2. The first-order chi connectivity index (χ1) is 14.3. The quantitative estimate of drug-likeness (QED) is 0.456. The van der Waals surface area contributed by atoms with Crippen molar-refractivity contribution in [3.8, 4) is 6.07 Å². The van der Waals surface area contributed by atoms with Crippen LogP contribution in [0.4, 0.5) is 11.4 Å². The maximum atomic E-state index is 13.1. The number of Topliss-reactive ketones (excluding diaryl/α,β-unsaturated/α-hetero) is 1. The molecule has 3 aromatic rings. The van der Waals surface area contributed by atoms with Gasteiger partial charge in [0.1, 0.15) is 17.5 Å². The smallest absolute Gasteiger partial charge is 0.328 e. The molecule has 10 heteroatoms. The lowest BCUT2D eigenvalue weighted by Crippen LogP contribution is -2.37. The van der Waals surface area contributed by atoms with Crippen molar-refractivity contribution in [1.82, 2.24) is 18.7 Å². The Morgan fingerprint density at radius 1 is 1.03 bits per heavy atom. The third kappa shape index (κ3) is 2.56. The fourth-order valence-corrected chi connectivity index (χ4v) is 3.81. The van der Waals surface area contributed by atoms with E-state index in [0.717, 1.165) is 15.9 Å². The van der Waals surface area contributed by atoms with E-state index in [1.165, 1.54) is 29.6 Å². The van der Waals surface area contributed by atoms with Crippen molar-refractivity contribution >= 4 is 28.3 Å². The van der Waals surface area contributed by atoms with Crippen molar-refractivity contribution in [3.05, 3.63) is 62.8 Å². The molecule has 0 fully saturated rings. The molecule has 0 saturated heterocycles. The highest BCUT2D eigenvalue weighted by Gasteiger charge is 2.31. The van der Waals surface area contributed by atoms with Gasteiger partial charge in [0.2, 0.25) is 0 Å². The van der Waals surface area contributed by atoms with E-state index in [9.17, 15) is 19.6 Å². The summed E-state index contributed by atoms with van der Waals surface area (Å²) in [6, 6.07) is 9.61. The Morgan fingerprint density at radius 3 is 2.20 bits per heavy atom. The molecule has 0 spiro atoms. The molecule has 0 radical (unpaired) electrons. The molecule has 0 bridgehead atoms. The van der Waals surface area contributed by atoms with Gasteiger partial charge in [0.25, 0.3) is 5.56 Å². The monoisotopic (exact) mass is 405 g/mol. The fourth-order valence-electron chi connectivity index (χ4n) is 3.81. The molecule has 0 unspecified atom stereocenters. The number of rotatable bonds is 3. The fraction of sp³-hybridized carbons (Fsp3) is 0.250. The molecule has 152 valence electrons. The standard InChI is InChI=1S/C20H19N7O3/c1-23-13-7-5-6-8-14(13)24(2)18(23)12(9-21)15(28)10-27-11-22-17-16(27)19(29)26(4)20(30)25(17)3/h5-8,11H,10H2,1-4H3. The molecule has 1 aromatic carbocycles. The van der Waals surface area contributed by atoms with E-state index in [4.69, 9.17) is 0 Å². The zero-order chi connectivity index (χ0) is 21.7. The Labute approximate surface area is 171 Å². The molecule has 3 heterocycles. The molecular formula is C20H19N7O3. The van der Waals surface area contributed by atoms with Crippen LogP contribution in [0.5, 0.6) is 0 Å². The number of hydrogen-bond acceptors (Lipinski definition) is 7. The van der Waals surface area contributed by atoms with Gasteiger partial charge >= 0.3 is 5.69 Å². The molecule has 0 saturated carbocycles. The number of benzene rings is 1. The highest BCUT2D eigenvalue weighted by molar-refractivity contribution is 6.02. The zero-order valence-corrected chi connectivity index (χ0v) is 16.9. The zero-order valence-electron chi connectivity index (χ0n) is 16.9. The number of imidazole rings is 1. The van der Waals surface area contributed by atoms with Gasteiger partial charge < -0.3 is 14.4 Å². The number of carbonyl (C=O) groups is 1. The number of nitriles is 1. The van der Waals surface area contributed by atoms with Crippen LogP contribution in [0.15, 0.2) is 51.6 Å². The van der Waals surface area contributed by atoms with Gasteiger partial charge in [-0.25, -0.2) is 9.78 Å². The molecule has 2 aromatic heterocycles. The first-order valence-corrected chi connectivity index (χ1v) is 9.12. The Hall–Kier alpha value is -4.13. The van der Waals surface area contributed by atoms with Gasteiger partial charge in [-0.15, -0.1) is 0 Å². The summed E-state index contributed by atoms with van der Waals surface area (Å²) in [7, 11) is 6.46. The maximum Gasteiger partial charge on any atom is 0.332 e. The lowest BCUT2D eigenvalue weighted by molar-refractivity contribution is -0.115. The van der Waals surface area contributed by atoms with Crippen molar-refractivity contribution in [1.29, 1.82) is 5.26 Å². The summed E-state index contributed by atoms with van der Waals surface area (Å²) in [5, 5.41) is 9.77. The highest BCUT2D eigenvalue weighted by atomic mass is 16.2. The van der Waals surface area contributed by atoms with Crippen LogP contribution in [0, 0.1) is 11.3 Å². The minimum absolute atomic E-state index is 0.0281. The van der Waals surface area contributed by atoms with Crippen molar-refractivity contribution in [2.24, 2.45) is 14.1 Å². The number of aryl methyl sites for hydroxylation is 1. The van der Waals surface area contributed by atoms with Gasteiger partial charge in [0, 0.05) is 28.2 Å². The molecule has 0 aliphatic carbocycles. The number of carbonyl (C=O) groups excluding carboxylic acids is 1. The average Bonchev–Trinajstić information content (AvgIpc) is 3.26. The molecule has 30 heavy (non-hydrogen) atoms. The van der Waals surface area contributed by atoms with Crippen LogP contribution in [-0.2, 0) is 25.4 Å². The second-order valence-electron chi connectivity index (χ2n) is 7.09. The van der Waals surface area contributed by atoms with Crippen LogP contribution < -0.4 is 21.0 Å². The lowest BCUT2D eigenvalue weighted by atomic mass is 10.1. The molecule has 1 aliphatic heterocycles. The number of allylic oxidation sites excluding steroid dienone is 1. The van der Waals surface area contributed by atoms with Gasteiger partial charge in [-0.1, -0.05) is 12.1 Å². The van der Waals surface area contributed by atoms with Crippen molar-refractivity contribution in [3.63, 3.8) is 0 Å². The Bertz CT molecular complexity index is 1370. The van der Waals surface area contributed by atoms with Gasteiger partial charge in [0.05, 0.1) is 24.2 Å². The second kappa shape index (κ2) is 6.73. The van der Waals surface area contributed by atoms with Crippen molar-refractivity contribution < 1.29 is 4.79 Å². The number of nitrogens with zero attached hydrogens (tertiary/aromatic N) is 7. The van der Waals surface area contributed by atoms with Crippen LogP contribution in [-0.4, -0.2) is 38.6 Å². The van der Waals surface area contributed by atoms with E-state index in [1.807, 2.05) is 30.3 Å². The lowest BCUT2D eigenvalue weighted by Gasteiger charge is -2.20. The SMILES string of the molecule is CN1C(=C(C#N)C(=O)Cn2cnc3c2c(=O)n(C)c(=O)n3C)N(C)c2ccccc21. The number of hydrogen-bond donors (Lipinski definition) is 0. The van der Waals surface area contributed by atoms with Crippen molar-refractivity contribution in [2.45, 2.75) is 6.54 Å². The largest absolute Gasteiger partial charge is 0.332 e. The first-order valence-electron chi connectivity index (χ1n) is 9.12. The van der Waals surface area contributed by atoms with Crippen LogP contribution >= 0.6 is 0 Å². The number of ketones is 1. The van der Waals surface area contributed by atoms with E-state index in [0.29, 0.717) is 5.82 Å². The molecular weight excluding hydrogens is 386 g/mol. The summed E-state index contributed by atoms with van der Waals surface area (Å²) >= 11 is 0. The molecule has 0 amide bonds. The summed E-state index contributed by atoms with van der Waals surface area (Å²) in [6.07, 6.45) is 1.33. The normalized spacial score (nSPS) is 13.0. The Balaban J connectivity index is 1.80. The third-order valence-corrected chi connectivity index (χ3v) is 5.39. The topological polar surface area (TPSA) is 109 Å². The number of anilines is 2. The van der Waals surface area contributed by atoms with E-state index >= 15 is 0 Å². The summed E-state index contributed by atoms with van der Waals surface area (Å²) in [4.78, 5) is 45.5. The summed E-state index contributed by atoms with van der Waals surface area (Å²) in [6.45, 7) is -0.256. The Morgan fingerprint density at radius 2 is 1.63 bits per heavy atom. The van der Waals surface area contributed by atoms with Gasteiger partial charge in [-0.05, 0) is 12.1 Å². The predicted octanol–water partition coefficient (Wildman–Crippen LogP) is 0.324. The molecule has 0 atom stereocenters. The van der Waals surface area contributed by atoms with E-state index < -0.39 is 17.0 Å². The van der Waals surface area contributed by atoms with E-state index in [2.05, 4.69) is 4.98 Å².